The molecule has 0 unspecified atom stereocenters. The van der Waals surface area contributed by atoms with Crippen LogP contribution in [0.5, 0.6) is 5.88 Å². The second-order valence-electron chi connectivity index (χ2n) is 17.2. The molecule has 2 aromatic carbocycles. The molecular formula is C43H50N6O8S. The van der Waals surface area contributed by atoms with Gasteiger partial charge >= 0.3 is 0 Å². The molecule has 2 aliphatic heterocycles. The van der Waals surface area contributed by atoms with Crippen LogP contribution in [-0.2, 0) is 34.6 Å². The van der Waals surface area contributed by atoms with E-state index in [0.29, 0.717) is 54.6 Å². The summed E-state index contributed by atoms with van der Waals surface area (Å²) in [5.74, 6) is -2.12. The van der Waals surface area contributed by atoms with Crippen molar-refractivity contribution in [3.63, 3.8) is 0 Å². The van der Waals surface area contributed by atoms with Crippen molar-refractivity contribution in [1.82, 2.24) is 30.2 Å². The lowest BCUT2D eigenvalue weighted by atomic mass is 9.87. The summed E-state index contributed by atoms with van der Waals surface area (Å²) in [6.07, 6.45) is 7.57. The Labute approximate surface area is 337 Å². The van der Waals surface area contributed by atoms with Crippen LogP contribution in [0.25, 0.3) is 33.5 Å². The van der Waals surface area contributed by atoms with Gasteiger partial charge in [-0.2, -0.15) is 4.98 Å². The van der Waals surface area contributed by atoms with Crippen LogP contribution in [0.3, 0.4) is 0 Å². The molecule has 2 saturated carbocycles. The molecule has 2 aliphatic carbocycles. The molecule has 2 aromatic heterocycles. The standard InChI is InChI=1S/C43H50N6O8S/c1-25(50)44-32-14-9-7-5-6-8-12-28-23-43(28,41(53)48-58(54,55)30-20-21-30)47-38(51)33-22-29(24-49(33)40(32)52)56-39-36-35(31-13-10-11-15-34(31)57-36)45-37(46-39)26-16-18-27(19-17-26)42(2,3)4/h8,10-13,15-19,28-30,32-33H,5-7,9,14,20-24H2,1-4H3,(H,44,50)(H,47,51)(H,48,53)/b12-8-/t28-,29-,32+,33+,43-/m1/s1. The highest BCUT2D eigenvalue weighted by Gasteiger charge is 2.62. The van der Waals surface area contributed by atoms with Gasteiger partial charge in [-0.25, -0.2) is 13.4 Å². The number of hydrogen-bond donors (Lipinski definition) is 3. The first-order chi connectivity index (χ1) is 27.6. The third kappa shape index (κ3) is 7.92. The third-order valence-electron chi connectivity index (χ3n) is 11.7. The minimum Gasteiger partial charge on any atom is -0.470 e. The second-order valence-corrected chi connectivity index (χ2v) is 19.2. The lowest BCUT2D eigenvalue weighted by Crippen LogP contribution is -2.58. The Morgan fingerprint density at radius 1 is 1.00 bits per heavy atom. The topological polar surface area (TPSA) is 190 Å². The zero-order valence-electron chi connectivity index (χ0n) is 33.2. The van der Waals surface area contributed by atoms with Crippen molar-refractivity contribution in [2.75, 3.05) is 6.54 Å². The van der Waals surface area contributed by atoms with E-state index in [1.165, 1.54) is 11.8 Å². The van der Waals surface area contributed by atoms with Gasteiger partial charge in [-0.05, 0) is 61.6 Å². The van der Waals surface area contributed by atoms with Crippen LogP contribution in [0.1, 0.15) is 91.0 Å². The average Bonchev–Trinajstić information content (AvgIpc) is 4.08. The Hall–Kier alpha value is -5.31. The highest BCUT2D eigenvalue weighted by atomic mass is 32.2. The van der Waals surface area contributed by atoms with Crippen molar-refractivity contribution in [1.29, 1.82) is 0 Å². The first-order valence-electron chi connectivity index (χ1n) is 20.2. The number of rotatable bonds is 7. The number of amides is 4. The first-order valence-corrected chi connectivity index (χ1v) is 21.8. The van der Waals surface area contributed by atoms with E-state index in [9.17, 15) is 27.6 Å². The summed E-state index contributed by atoms with van der Waals surface area (Å²) in [6, 6.07) is 13.5. The number of aromatic nitrogens is 2. The number of nitrogens with one attached hydrogen (secondary N) is 3. The maximum Gasteiger partial charge on any atom is 0.262 e. The normalized spacial score (nSPS) is 26.2. The van der Waals surface area contributed by atoms with Crippen LogP contribution in [-0.4, -0.2) is 82.4 Å². The molecule has 15 heteroatoms. The summed E-state index contributed by atoms with van der Waals surface area (Å²) in [6.45, 7) is 7.73. The van der Waals surface area contributed by atoms with Crippen molar-refractivity contribution in [2.45, 2.75) is 120 Å². The molecule has 3 fully saturated rings. The van der Waals surface area contributed by atoms with E-state index >= 15 is 0 Å². The summed E-state index contributed by atoms with van der Waals surface area (Å²) in [4.78, 5) is 66.3. The SMILES string of the molecule is CC(=O)N[C@H]1CCCCC/C=C\[C@@H]2C[C@@]2(C(=O)NS(=O)(=O)C2CC2)NC(=O)[C@@H]2C[C@@H](Oc3nc(-c4ccc(C(C)(C)C)cc4)nc4c3oc3ccccc34)CN2C1=O. The number of carbonyl (C=O) groups excluding carboxylic acids is 4. The molecular weight excluding hydrogens is 761 g/mol. The third-order valence-corrected chi connectivity index (χ3v) is 13.5. The zero-order valence-corrected chi connectivity index (χ0v) is 34.1. The van der Waals surface area contributed by atoms with Gasteiger partial charge in [-0.3, -0.25) is 23.9 Å². The molecule has 8 rings (SSSR count). The van der Waals surface area contributed by atoms with E-state index in [4.69, 9.17) is 19.1 Å². The van der Waals surface area contributed by atoms with E-state index < -0.39 is 62.6 Å². The van der Waals surface area contributed by atoms with E-state index in [1.807, 2.05) is 60.7 Å². The van der Waals surface area contributed by atoms with Gasteiger partial charge in [0, 0.05) is 30.2 Å². The van der Waals surface area contributed by atoms with Gasteiger partial charge < -0.3 is 24.7 Å². The molecule has 4 aromatic rings. The van der Waals surface area contributed by atoms with Gasteiger partial charge in [0.25, 0.3) is 11.8 Å². The molecule has 4 heterocycles. The molecule has 4 amide bonds. The number of hydrogen-bond acceptors (Lipinski definition) is 10. The highest BCUT2D eigenvalue weighted by Crippen LogP contribution is 2.46. The largest absolute Gasteiger partial charge is 0.470 e. The predicted octanol–water partition coefficient (Wildman–Crippen LogP) is 5.20. The summed E-state index contributed by atoms with van der Waals surface area (Å²) in [5, 5.41) is 5.83. The van der Waals surface area contributed by atoms with Crippen LogP contribution >= 0.6 is 0 Å². The lowest BCUT2D eigenvalue weighted by Gasteiger charge is -2.29. The minimum atomic E-state index is -3.90. The molecule has 306 valence electrons. The molecule has 14 nitrogen and oxygen atoms in total. The van der Waals surface area contributed by atoms with Gasteiger partial charge in [0.1, 0.15) is 34.8 Å². The van der Waals surface area contributed by atoms with Crippen molar-refractivity contribution in [3.05, 3.63) is 66.2 Å². The quantitative estimate of drug-likeness (QED) is 0.209. The maximum atomic E-state index is 14.5. The van der Waals surface area contributed by atoms with Crippen LogP contribution in [0.4, 0.5) is 0 Å². The fourth-order valence-corrected chi connectivity index (χ4v) is 9.51. The summed E-state index contributed by atoms with van der Waals surface area (Å²) in [7, 11) is -3.90. The van der Waals surface area contributed by atoms with Crippen LogP contribution in [0.15, 0.2) is 65.1 Å². The number of para-hydroxylation sites is 1. The highest BCUT2D eigenvalue weighted by molar-refractivity contribution is 7.91. The van der Waals surface area contributed by atoms with Gasteiger partial charge in [-0.1, -0.05) is 82.2 Å². The van der Waals surface area contributed by atoms with Gasteiger partial charge in [0.2, 0.25) is 33.3 Å². The molecule has 58 heavy (non-hydrogen) atoms. The van der Waals surface area contributed by atoms with E-state index in [-0.39, 0.29) is 36.6 Å². The van der Waals surface area contributed by atoms with Gasteiger partial charge in [0.15, 0.2) is 5.82 Å². The summed E-state index contributed by atoms with van der Waals surface area (Å²) in [5.41, 5.74) is 1.79. The van der Waals surface area contributed by atoms with Crippen LogP contribution in [0.2, 0.25) is 0 Å². The van der Waals surface area contributed by atoms with Gasteiger partial charge in [0.05, 0.1) is 11.8 Å². The number of nitrogens with zero attached hydrogens (tertiary/aromatic N) is 3. The fraction of sp³-hybridized carbons (Fsp3) is 0.488. The number of ether oxygens (including phenoxy) is 1. The Kier molecular flexibility index (Phi) is 10.3. The Balaban J connectivity index is 1.14. The van der Waals surface area contributed by atoms with Crippen molar-refractivity contribution in [2.24, 2.45) is 5.92 Å². The number of fused-ring (bicyclic) bond motifs is 5. The number of sulfonamides is 1. The number of carbonyl (C=O) groups is 4. The average molecular weight is 811 g/mol. The van der Waals surface area contributed by atoms with E-state index in [0.717, 1.165) is 29.4 Å². The first kappa shape index (κ1) is 39.5. The van der Waals surface area contributed by atoms with E-state index in [2.05, 4.69) is 36.1 Å². The maximum absolute atomic E-state index is 14.5. The fourth-order valence-electron chi connectivity index (χ4n) is 8.14. The summed E-state index contributed by atoms with van der Waals surface area (Å²) >= 11 is 0. The molecule has 1 saturated heterocycles. The van der Waals surface area contributed by atoms with Gasteiger partial charge in [-0.15, -0.1) is 0 Å². The molecule has 0 spiro atoms. The Morgan fingerprint density at radius 3 is 2.48 bits per heavy atom. The van der Waals surface area contributed by atoms with E-state index in [1.54, 1.807) is 0 Å². The number of benzene rings is 2. The predicted molar refractivity (Wildman–Crippen MR) is 217 cm³/mol. The smallest absolute Gasteiger partial charge is 0.262 e. The minimum absolute atomic E-state index is 0.0181. The van der Waals surface area contributed by atoms with Crippen molar-refractivity contribution < 1.29 is 36.7 Å². The lowest BCUT2D eigenvalue weighted by molar-refractivity contribution is -0.142. The zero-order chi connectivity index (χ0) is 41.0. The molecule has 0 radical (unpaired) electrons. The second kappa shape index (κ2) is 15.1. The Bertz CT molecular complexity index is 2420. The Morgan fingerprint density at radius 2 is 1.76 bits per heavy atom. The van der Waals surface area contributed by atoms with Crippen molar-refractivity contribution in [3.8, 4) is 17.3 Å². The molecule has 4 aliphatic rings. The molecule has 3 N–H and O–H groups in total. The molecule has 0 bridgehead atoms. The monoisotopic (exact) mass is 810 g/mol. The number of allylic oxidation sites excluding steroid dienone is 1. The summed E-state index contributed by atoms with van der Waals surface area (Å²) < 4.78 is 40.9. The van der Waals surface area contributed by atoms with Crippen LogP contribution < -0.4 is 20.1 Å². The molecule has 5 atom stereocenters. The van der Waals surface area contributed by atoms with Crippen molar-refractivity contribution >= 4 is 55.7 Å². The van der Waals surface area contributed by atoms with Crippen LogP contribution in [0, 0.1) is 5.92 Å². The number of furan rings is 1.